The molecule has 1 rings (SSSR count). The SMILES string of the molecule is CCNC(=O)[C@@H](C)OC(=O)/C=C/c1ccc(OC(F)F)cc1OC(F)F. The molecular formula is C16H17F4NO5. The van der Waals surface area contributed by atoms with Crippen molar-refractivity contribution in [3.05, 3.63) is 29.8 Å². The number of benzene rings is 1. The summed E-state index contributed by atoms with van der Waals surface area (Å²) in [6.07, 6.45) is 0.916. The first-order valence-corrected chi connectivity index (χ1v) is 7.43. The molecule has 0 aromatic heterocycles. The first-order valence-electron chi connectivity index (χ1n) is 7.43. The molecule has 0 aliphatic heterocycles. The fraction of sp³-hybridized carbons (Fsp3) is 0.375. The van der Waals surface area contributed by atoms with Crippen LogP contribution in [0.4, 0.5) is 17.6 Å². The van der Waals surface area contributed by atoms with Crippen molar-refractivity contribution >= 4 is 18.0 Å². The minimum atomic E-state index is -3.21. The third-order valence-electron chi connectivity index (χ3n) is 2.84. The average Bonchev–Trinajstić information content (AvgIpc) is 2.53. The molecule has 0 aliphatic rings. The summed E-state index contributed by atoms with van der Waals surface area (Å²) >= 11 is 0. The summed E-state index contributed by atoms with van der Waals surface area (Å²) in [6, 6.07) is 3.07. The predicted molar refractivity (Wildman–Crippen MR) is 83.0 cm³/mol. The summed E-state index contributed by atoms with van der Waals surface area (Å²) < 4.78 is 62.5. The highest BCUT2D eigenvalue weighted by Gasteiger charge is 2.16. The molecule has 1 aromatic carbocycles. The fourth-order valence-electron chi connectivity index (χ4n) is 1.77. The highest BCUT2D eigenvalue weighted by molar-refractivity contribution is 5.90. The van der Waals surface area contributed by atoms with E-state index in [1.807, 2.05) is 0 Å². The number of rotatable bonds is 9. The second-order valence-electron chi connectivity index (χ2n) is 4.76. The molecule has 26 heavy (non-hydrogen) atoms. The van der Waals surface area contributed by atoms with Crippen molar-refractivity contribution < 1.29 is 41.4 Å². The van der Waals surface area contributed by atoms with E-state index in [2.05, 4.69) is 14.8 Å². The third kappa shape index (κ3) is 7.41. The Morgan fingerprint density at radius 1 is 1.15 bits per heavy atom. The molecule has 0 aliphatic carbocycles. The van der Waals surface area contributed by atoms with Gasteiger partial charge in [-0.3, -0.25) is 4.79 Å². The van der Waals surface area contributed by atoms with Crippen LogP contribution in [0.5, 0.6) is 11.5 Å². The summed E-state index contributed by atoms with van der Waals surface area (Å²) in [5, 5.41) is 2.46. The monoisotopic (exact) mass is 379 g/mol. The lowest BCUT2D eigenvalue weighted by Crippen LogP contribution is -2.35. The molecule has 1 atom stereocenters. The molecule has 0 radical (unpaired) electrons. The Labute approximate surface area is 146 Å². The van der Waals surface area contributed by atoms with Crippen molar-refractivity contribution in [2.45, 2.75) is 33.2 Å². The number of ether oxygens (including phenoxy) is 3. The first-order chi connectivity index (χ1) is 12.2. The van der Waals surface area contributed by atoms with Gasteiger partial charge in [-0.05, 0) is 32.1 Å². The Hall–Kier alpha value is -2.78. The average molecular weight is 379 g/mol. The van der Waals surface area contributed by atoms with Crippen molar-refractivity contribution in [1.29, 1.82) is 0 Å². The van der Waals surface area contributed by atoms with Gasteiger partial charge < -0.3 is 19.5 Å². The zero-order valence-electron chi connectivity index (χ0n) is 13.9. The molecule has 1 aromatic rings. The molecule has 10 heteroatoms. The highest BCUT2D eigenvalue weighted by Crippen LogP contribution is 2.28. The predicted octanol–water partition coefficient (Wildman–Crippen LogP) is 2.97. The zero-order chi connectivity index (χ0) is 19.7. The van der Waals surface area contributed by atoms with E-state index in [4.69, 9.17) is 4.74 Å². The van der Waals surface area contributed by atoms with Gasteiger partial charge in [0.05, 0.1) is 0 Å². The molecule has 144 valence electrons. The Bertz CT molecular complexity index is 652. The number of hydrogen-bond donors (Lipinski definition) is 1. The van der Waals surface area contributed by atoms with E-state index in [0.29, 0.717) is 6.54 Å². The van der Waals surface area contributed by atoms with Crippen LogP contribution >= 0.6 is 0 Å². The highest BCUT2D eigenvalue weighted by atomic mass is 19.3. The molecule has 0 saturated heterocycles. The van der Waals surface area contributed by atoms with Crippen LogP contribution in [0.25, 0.3) is 6.08 Å². The number of nitrogens with one attached hydrogen (secondary N) is 1. The van der Waals surface area contributed by atoms with Crippen molar-refractivity contribution in [3.8, 4) is 11.5 Å². The molecule has 6 nitrogen and oxygen atoms in total. The number of carbonyl (C=O) groups is 2. The van der Waals surface area contributed by atoms with Gasteiger partial charge in [0, 0.05) is 24.3 Å². The van der Waals surface area contributed by atoms with E-state index in [0.717, 1.165) is 30.4 Å². The van der Waals surface area contributed by atoms with E-state index in [9.17, 15) is 27.2 Å². The number of likely N-dealkylation sites (N-methyl/N-ethyl adjacent to an activating group) is 1. The molecule has 0 heterocycles. The first kappa shape index (κ1) is 21.3. The quantitative estimate of drug-likeness (QED) is 0.406. The van der Waals surface area contributed by atoms with Gasteiger partial charge in [-0.15, -0.1) is 0 Å². The zero-order valence-corrected chi connectivity index (χ0v) is 13.9. The summed E-state index contributed by atoms with van der Waals surface area (Å²) in [5.74, 6) is -2.26. The fourth-order valence-corrected chi connectivity index (χ4v) is 1.77. The molecule has 0 bridgehead atoms. The van der Waals surface area contributed by atoms with Gasteiger partial charge in [-0.1, -0.05) is 0 Å². The number of amides is 1. The Morgan fingerprint density at radius 2 is 1.81 bits per heavy atom. The molecule has 0 fully saturated rings. The van der Waals surface area contributed by atoms with Crippen LogP contribution in [0.3, 0.4) is 0 Å². The lowest BCUT2D eigenvalue weighted by Gasteiger charge is -2.12. The van der Waals surface area contributed by atoms with Gasteiger partial charge >= 0.3 is 19.2 Å². The smallest absolute Gasteiger partial charge is 0.387 e. The number of hydrogen-bond acceptors (Lipinski definition) is 5. The van der Waals surface area contributed by atoms with Crippen molar-refractivity contribution in [3.63, 3.8) is 0 Å². The Balaban J connectivity index is 2.87. The van der Waals surface area contributed by atoms with Crippen LogP contribution in [0.15, 0.2) is 24.3 Å². The Morgan fingerprint density at radius 3 is 2.38 bits per heavy atom. The van der Waals surface area contributed by atoms with Gasteiger partial charge in [-0.2, -0.15) is 17.6 Å². The second-order valence-corrected chi connectivity index (χ2v) is 4.76. The van der Waals surface area contributed by atoms with Crippen LogP contribution in [-0.4, -0.2) is 37.7 Å². The molecule has 1 amide bonds. The topological polar surface area (TPSA) is 73.9 Å². The molecule has 0 saturated carbocycles. The maximum absolute atomic E-state index is 12.5. The molecule has 1 N–H and O–H groups in total. The molecular weight excluding hydrogens is 362 g/mol. The minimum absolute atomic E-state index is 0.00507. The van der Waals surface area contributed by atoms with Crippen molar-refractivity contribution in [2.24, 2.45) is 0 Å². The van der Waals surface area contributed by atoms with Gasteiger partial charge in [0.1, 0.15) is 11.5 Å². The maximum Gasteiger partial charge on any atom is 0.387 e. The molecule has 0 spiro atoms. The van der Waals surface area contributed by atoms with Crippen LogP contribution in [0.1, 0.15) is 19.4 Å². The van der Waals surface area contributed by atoms with Crippen LogP contribution < -0.4 is 14.8 Å². The minimum Gasteiger partial charge on any atom is -0.449 e. The third-order valence-corrected chi connectivity index (χ3v) is 2.84. The van der Waals surface area contributed by atoms with Gasteiger partial charge in [0.25, 0.3) is 5.91 Å². The van der Waals surface area contributed by atoms with E-state index in [-0.39, 0.29) is 11.3 Å². The van der Waals surface area contributed by atoms with E-state index < -0.39 is 37.0 Å². The largest absolute Gasteiger partial charge is 0.449 e. The number of halogens is 4. The summed E-state index contributed by atoms with van der Waals surface area (Å²) in [6.45, 7) is -2.94. The van der Waals surface area contributed by atoms with Gasteiger partial charge in [-0.25, -0.2) is 4.79 Å². The second kappa shape index (κ2) is 10.3. The van der Waals surface area contributed by atoms with E-state index >= 15 is 0 Å². The van der Waals surface area contributed by atoms with Crippen molar-refractivity contribution in [2.75, 3.05) is 6.54 Å². The van der Waals surface area contributed by atoms with Gasteiger partial charge in [0.15, 0.2) is 6.10 Å². The van der Waals surface area contributed by atoms with Crippen LogP contribution in [0.2, 0.25) is 0 Å². The summed E-state index contributed by atoms with van der Waals surface area (Å²) in [7, 11) is 0. The van der Waals surface area contributed by atoms with Crippen LogP contribution in [0, 0.1) is 0 Å². The van der Waals surface area contributed by atoms with Gasteiger partial charge in [0.2, 0.25) is 0 Å². The van der Waals surface area contributed by atoms with E-state index in [1.165, 1.54) is 6.92 Å². The summed E-state index contributed by atoms with van der Waals surface area (Å²) in [5.41, 5.74) is -0.00507. The summed E-state index contributed by atoms with van der Waals surface area (Å²) in [4.78, 5) is 23.1. The van der Waals surface area contributed by atoms with Crippen molar-refractivity contribution in [1.82, 2.24) is 5.32 Å². The lowest BCUT2D eigenvalue weighted by molar-refractivity contribution is -0.150. The van der Waals surface area contributed by atoms with Crippen LogP contribution in [-0.2, 0) is 14.3 Å². The number of alkyl halides is 4. The Kier molecular flexibility index (Phi) is 8.40. The maximum atomic E-state index is 12.5. The lowest BCUT2D eigenvalue weighted by atomic mass is 10.1. The van der Waals surface area contributed by atoms with E-state index in [1.54, 1.807) is 6.92 Å². The normalized spacial score (nSPS) is 12.3. The number of carbonyl (C=O) groups excluding carboxylic acids is 2. The standard InChI is InChI=1S/C16H17F4NO5/c1-3-21-14(23)9(2)24-13(22)7-5-10-4-6-11(25-15(17)18)8-12(10)26-16(19)20/h4-9,15-16H,3H2,1-2H3,(H,21,23)/b7-5+/t9-/m1/s1. The number of esters is 1. The molecule has 0 unspecified atom stereocenters.